The van der Waals surface area contributed by atoms with Gasteiger partial charge in [0.2, 0.25) is 0 Å². The normalized spacial score (nSPS) is 11.2. The molecule has 0 amide bonds. The van der Waals surface area contributed by atoms with Gasteiger partial charge in [-0.25, -0.2) is 10.3 Å². The second-order valence-corrected chi connectivity index (χ2v) is 4.60. The molecule has 0 aliphatic heterocycles. The molecule has 1 N–H and O–H groups in total. The molecule has 0 aliphatic rings. The molecule has 0 saturated heterocycles. The first-order valence-electron chi connectivity index (χ1n) is 6.64. The van der Waals surface area contributed by atoms with E-state index in [1.165, 1.54) is 0 Å². The topological polar surface area (TPSA) is 75.2 Å². The molecule has 0 radical (unpaired) electrons. The molecule has 3 aromatic rings. The number of imidazole rings is 1. The maximum atomic E-state index is 8.83. The Kier molecular flexibility index (Phi) is 3.70. The van der Waals surface area contributed by atoms with Crippen LogP contribution >= 0.6 is 0 Å². The lowest BCUT2D eigenvalue weighted by molar-refractivity contribution is 0.531. The lowest BCUT2D eigenvalue weighted by Crippen LogP contribution is -2.23. The number of aliphatic imine (C=N–C) groups is 1. The number of ether oxygens (including phenoxy) is 1. The van der Waals surface area contributed by atoms with Gasteiger partial charge in [0.05, 0.1) is 23.0 Å². The summed E-state index contributed by atoms with van der Waals surface area (Å²) in [5.41, 5.74) is 2.50. The Labute approximate surface area is 127 Å². The van der Waals surface area contributed by atoms with Crippen LogP contribution in [0.1, 0.15) is 0 Å². The minimum atomic E-state index is 0.115. The molecule has 108 valence electrons. The van der Waals surface area contributed by atoms with Gasteiger partial charge in [-0.15, -0.1) is 0 Å². The SMILES string of the molecule is Cn1cnc2cc(N=C(NC#N)Oc3ccccc3)ccc21. The number of rotatable bonds is 2. The monoisotopic (exact) mass is 291 g/mol. The van der Waals surface area contributed by atoms with Crippen molar-refractivity contribution >= 4 is 22.7 Å². The van der Waals surface area contributed by atoms with Crippen molar-refractivity contribution in [2.24, 2.45) is 12.0 Å². The summed E-state index contributed by atoms with van der Waals surface area (Å²) in [6, 6.07) is 14.9. The van der Waals surface area contributed by atoms with Crippen molar-refractivity contribution < 1.29 is 4.74 Å². The highest BCUT2D eigenvalue weighted by Gasteiger charge is 2.05. The van der Waals surface area contributed by atoms with Crippen molar-refractivity contribution in [3.63, 3.8) is 0 Å². The third kappa shape index (κ3) is 2.88. The Balaban J connectivity index is 1.92. The van der Waals surface area contributed by atoms with Crippen LogP contribution < -0.4 is 10.1 Å². The number of para-hydroxylation sites is 1. The third-order valence-corrected chi connectivity index (χ3v) is 3.06. The summed E-state index contributed by atoms with van der Waals surface area (Å²) in [4.78, 5) is 8.60. The molecule has 0 unspecified atom stereocenters. The van der Waals surface area contributed by atoms with Gasteiger partial charge in [0.15, 0.2) is 6.19 Å². The first-order valence-corrected chi connectivity index (χ1v) is 6.64. The van der Waals surface area contributed by atoms with E-state index in [1.807, 2.05) is 54.2 Å². The van der Waals surface area contributed by atoms with Gasteiger partial charge in [-0.1, -0.05) is 18.2 Å². The number of benzene rings is 2. The Hall–Kier alpha value is -3.33. The highest BCUT2D eigenvalue weighted by molar-refractivity contribution is 5.84. The van der Waals surface area contributed by atoms with Crippen LogP contribution in [0.5, 0.6) is 5.75 Å². The number of nitrogens with zero attached hydrogens (tertiary/aromatic N) is 4. The molecule has 1 aromatic heterocycles. The van der Waals surface area contributed by atoms with Crippen molar-refractivity contribution in [3.05, 3.63) is 54.9 Å². The maximum Gasteiger partial charge on any atom is 0.309 e. The summed E-state index contributed by atoms with van der Waals surface area (Å²) in [6.45, 7) is 0. The van der Waals surface area contributed by atoms with Crippen LogP contribution in [0.2, 0.25) is 0 Å². The molecule has 0 aliphatic carbocycles. The van der Waals surface area contributed by atoms with Crippen LogP contribution in [0.15, 0.2) is 59.9 Å². The lowest BCUT2D eigenvalue weighted by atomic mass is 10.3. The van der Waals surface area contributed by atoms with E-state index in [0.717, 1.165) is 11.0 Å². The van der Waals surface area contributed by atoms with Crippen molar-refractivity contribution in [1.29, 1.82) is 5.26 Å². The molecule has 0 saturated carbocycles. The molecule has 6 nitrogen and oxygen atoms in total. The quantitative estimate of drug-likeness (QED) is 0.341. The van der Waals surface area contributed by atoms with Crippen LogP contribution in [0.25, 0.3) is 11.0 Å². The number of hydrogen-bond donors (Lipinski definition) is 1. The van der Waals surface area contributed by atoms with E-state index < -0.39 is 0 Å². The minimum Gasteiger partial charge on any atom is -0.425 e. The van der Waals surface area contributed by atoms with Gasteiger partial charge >= 0.3 is 6.02 Å². The smallest absolute Gasteiger partial charge is 0.309 e. The molecule has 0 fully saturated rings. The van der Waals surface area contributed by atoms with Gasteiger partial charge in [-0.3, -0.25) is 0 Å². The Morgan fingerprint density at radius 3 is 2.86 bits per heavy atom. The molecule has 0 bridgehead atoms. The van der Waals surface area contributed by atoms with Crippen molar-refractivity contribution in [2.45, 2.75) is 0 Å². The molecule has 6 heteroatoms. The van der Waals surface area contributed by atoms with Crippen LogP contribution in [0.3, 0.4) is 0 Å². The molecule has 0 spiro atoms. The van der Waals surface area contributed by atoms with Gasteiger partial charge in [-0.05, 0) is 30.3 Å². The number of hydrogen-bond acceptors (Lipinski definition) is 4. The van der Waals surface area contributed by atoms with Crippen LogP contribution in [-0.2, 0) is 7.05 Å². The molecule has 3 rings (SSSR count). The number of nitriles is 1. The first-order chi connectivity index (χ1) is 10.8. The van der Waals surface area contributed by atoms with E-state index in [2.05, 4.69) is 15.3 Å². The molecule has 1 heterocycles. The number of aromatic nitrogens is 2. The zero-order chi connectivity index (χ0) is 15.4. The molecule has 2 aromatic carbocycles. The number of fused-ring (bicyclic) bond motifs is 1. The van der Waals surface area contributed by atoms with E-state index in [-0.39, 0.29) is 6.02 Å². The highest BCUT2D eigenvalue weighted by Crippen LogP contribution is 2.20. The fourth-order valence-corrected chi connectivity index (χ4v) is 2.04. The Morgan fingerprint density at radius 1 is 1.27 bits per heavy atom. The fourth-order valence-electron chi connectivity index (χ4n) is 2.04. The zero-order valence-corrected chi connectivity index (χ0v) is 11.9. The van der Waals surface area contributed by atoms with Gasteiger partial charge in [-0.2, -0.15) is 10.3 Å². The number of amidine groups is 1. The van der Waals surface area contributed by atoms with Crippen molar-refractivity contribution in [2.75, 3.05) is 0 Å². The van der Waals surface area contributed by atoms with Crippen LogP contribution in [-0.4, -0.2) is 15.6 Å². The fraction of sp³-hybridized carbons (Fsp3) is 0.0625. The summed E-state index contributed by atoms with van der Waals surface area (Å²) in [5, 5.41) is 11.3. The van der Waals surface area contributed by atoms with E-state index >= 15 is 0 Å². The third-order valence-electron chi connectivity index (χ3n) is 3.06. The average Bonchev–Trinajstić information content (AvgIpc) is 2.89. The van der Waals surface area contributed by atoms with Gasteiger partial charge < -0.3 is 9.30 Å². The van der Waals surface area contributed by atoms with Crippen molar-refractivity contribution in [1.82, 2.24) is 14.9 Å². The van der Waals surface area contributed by atoms with Crippen LogP contribution in [0.4, 0.5) is 5.69 Å². The summed E-state index contributed by atoms with van der Waals surface area (Å²) in [7, 11) is 1.93. The van der Waals surface area contributed by atoms with Gasteiger partial charge in [0, 0.05) is 7.05 Å². The Morgan fingerprint density at radius 2 is 2.09 bits per heavy atom. The second kappa shape index (κ2) is 5.97. The van der Waals surface area contributed by atoms with Crippen LogP contribution in [0, 0.1) is 11.5 Å². The van der Waals surface area contributed by atoms with E-state index in [9.17, 15) is 0 Å². The second-order valence-electron chi connectivity index (χ2n) is 4.60. The number of nitrogens with one attached hydrogen (secondary N) is 1. The Bertz CT molecular complexity index is 861. The van der Waals surface area contributed by atoms with E-state index in [0.29, 0.717) is 11.4 Å². The molecular formula is C16H13N5O. The first kappa shape index (κ1) is 13.6. The standard InChI is InChI=1S/C16H13N5O/c1-21-11-19-14-9-12(7-8-15(14)21)20-16(18-10-17)22-13-5-3-2-4-6-13/h2-9,11H,1H3,(H,18,20). The lowest BCUT2D eigenvalue weighted by Gasteiger charge is -2.06. The maximum absolute atomic E-state index is 8.83. The predicted molar refractivity (Wildman–Crippen MR) is 83.6 cm³/mol. The zero-order valence-electron chi connectivity index (χ0n) is 11.9. The largest absolute Gasteiger partial charge is 0.425 e. The molecule has 0 atom stereocenters. The highest BCUT2D eigenvalue weighted by atomic mass is 16.5. The van der Waals surface area contributed by atoms with Crippen molar-refractivity contribution in [3.8, 4) is 11.9 Å². The van der Waals surface area contributed by atoms with E-state index in [4.69, 9.17) is 10.00 Å². The molecular weight excluding hydrogens is 278 g/mol. The average molecular weight is 291 g/mol. The summed E-state index contributed by atoms with van der Waals surface area (Å²) >= 11 is 0. The number of aryl methyl sites for hydroxylation is 1. The summed E-state index contributed by atoms with van der Waals surface area (Å²) in [6.07, 6.45) is 3.57. The predicted octanol–water partition coefficient (Wildman–Crippen LogP) is 2.71. The van der Waals surface area contributed by atoms with Gasteiger partial charge in [0.25, 0.3) is 0 Å². The van der Waals surface area contributed by atoms with E-state index in [1.54, 1.807) is 18.5 Å². The minimum absolute atomic E-state index is 0.115. The summed E-state index contributed by atoms with van der Waals surface area (Å²) in [5.74, 6) is 0.600. The van der Waals surface area contributed by atoms with Gasteiger partial charge in [0.1, 0.15) is 5.75 Å². The molecule has 22 heavy (non-hydrogen) atoms. The summed E-state index contributed by atoms with van der Waals surface area (Å²) < 4.78 is 7.50.